The Kier molecular flexibility index (Phi) is 3.46. The Balaban J connectivity index is 3.07. The van der Waals surface area contributed by atoms with Crippen LogP contribution in [0.3, 0.4) is 0 Å². The second kappa shape index (κ2) is 4.64. The molecule has 1 heterocycles. The van der Waals surface area contributed by atoms with Crippen molar-refractivity contribution in [2.45, 2.75) is 13.0 Å². The minimum absolute atomic E-state index is 0.319. The van der Waals surface area contributed by atoms with E-state index < -0.39 is 29.2 Å². The van der Waals surface area contributed by atoms with Crippen LogP contribution in [-0.4, -0.2) is 32.6 Å². The van der Waals surface area contributed by atoms with Crippen molar-refractivity contribution in [3.63, 3.8) is 0 Å². The fourth-order valence-corrected chi connectivity index (χ4v) is 1.06. The van der Waals surface area contributed by atoms with Gasteiger partial charge in [-0.3, -0.25) is 19.0 Å². The Labute approximate surface area is 94.9 Å². The lowest BCUT2D eigenvalue weighted by atomic mass is 10.2. The lowest BCUT2D eigenvalue weighted by Crippen LogP contribution is -2.43. The van der Waals surface area contributed by atoms with Gasteiger partial charge in [0.25, 0.3) is 11.5 Å². The number of nitrogens with one attached hydrogen (secondary N) is 2. The first kappa shape index (κ1) is 12.7. The fourth-order valence-electron chi connectivity index (χ4n) is 1.06. The van der Waals surface area contributed by atoms with Gasteiger partial charge in [0.2, 0.25) is 0 Å². The van der Waals surface area contributed by atoms with E-state index in [1.165, 1.54) is 14.0 Å². The van der Waals surface area contributed by atoms with Gasteiger partial charge in [-0.1, -0.05) is 0 Å². The molecule has 0 unspecified atom stereocenters. The van der Waals surface area contributed by atoms with Crippen LogP contribution >= 0.6 is 0 Å². The minimum atomic E-state index is -1.22. The summed E-state index contributed by atoms with van der Waals surface area (Å²) in [4.78, 5) is 46.8. The first-order chi connectivity index (χ1) is 7.84. The molecule has 0 saturated carbocycles. The molecule has 8 heteroatoms. The highest BCUT2D eigenvalue weighted by molar-refractivity contribution is 5.95. The Morgan fingerprint density at radius 1 is 1.47 bits per heavy atom. The van der Waals surface area contributed by atoms with Crippen molar-refractivity contribution in [3.8, 4) is 0 Å². The van der Waals surface area contributed by atoms with Crippen molar-refractivity contribution in [1.82, 2.24) is 14.9 Å². The molecule has 0 aromatic carbocycles. The molecule has 0 aliphatic rings. The zero-order chi connectivity index (χ0) is 13.2. The third kappa shape index (κ3) is 2.60. The first-order valence-electron chi connectivity index (χ1n) is 4.67. The molecule has 3 N–H and O–H groups in total. The quantitative estimate of drug-likeness (QED) is 0.581. The second-order valence-corrected chi connectivity index (χ2v) is 3.41. The van der Waals surface area contributed by atoms with Gasteiger partial charge in [0, 0.05) is 13.2 Å². The van der Waals surface area contributed by atoms with E-state index in [0.29, 0.717) is 0 Å². The number of carbonyl (C=O) groups is 2. The molecule has 1 rings (SSSR count). The molecule has 1 atom stereocenters. The van der Waals surface area contributed by atoms with Crippen LogP contribution in [0.15, 0.2) is 15.8 Å². The van der Waals surface area contributed by atoms with E-state index in [4.69, 9.17) is 5.11 Å². The molecule has 0 aliphatic heterocycles. The summed E-state index contributed by atoms with van der Waals surface area (Å²) >= 11 is 0. The summed E-state index contributed by atoms with van der Waals surface area (Å²) < 4.78 is 0.723. The summed E-state index contributed by atoms with van der Waals surface area (Å²) in [5.74, 6) is -2.07. The van der Waals surface area contributed by atoms with Crippen LogP contribution < -0.4 is 16.6 Å². The molecular weight excluding hydrogens is 230 g/mol. The molecule has 1 amide bonds. The Morgan fingerprint density at radius 2 is 2.06 bits per heavy atom. The van der Waals surface area contributed by atoms with Gasteiger partial charge in [-0.05, 0) is 6.92 Å². The summed E-state index contributed by atoms with van der Waals surface area (Å²) in [6.07, 6.45) is 0.953. The number of rotatable bonds is 3. The number of hydrogen-bond acceptors (Lipinski definition) is 4. The van der Waals surface area contributed by atoms with Gasteiger partial charge in [-0.25, -0.2) is 4.79 Å². The van der Waals surface area contributed by atoms with Crippen molar-refractivity contribution < 1.29 is 14.7 Å². The van der Waals surface area contributed by atoms with Gasteiger partial charge >= 0.3 is 11.7 Å². The summed E-state index contributed by atoms with van der Waals surface area (Å²) in [5.41, 5.74) is -1.76. The van der Waals surface area contributed by atoms with E-state index in [9.17, 15) is 19.2 Å². The predicted molar refractivity (Wildman–Crippen MR) is 56.9 cm³/mol. The molecule has 1 aromatic rings. The molecule has 0 spiro atoms. The summed E-state index contributed by atoms with van der Waals surface area (Å²) in [6, 6.07) is -1.13. The summed E-state index contributed by atoms with van der Waals surface area (Å²) in [6.45, 7) is 1.26. The van der Waals surface area contributed by atoms with Crippen LogP contribution in [0.4, 0.5) is 0 Å². The molecule has 1 aromatic heterocycles. The van der Waals surface area contributed by atoms with Crippen LogP contribution in [-0.2, 0) is 11.8 Å². The standard InChI is InChI=1S/C9H11N3O5/c1-4(8(15)16)11-6(13)5-3-10-9(17)12(2)7(5)14/h3-4H,1-2H3,(H,10,17)(H,11,13)(H,15,16)/t4-/m1/s1. The molecule has 92 valence electrons. The van der Waals surface area contributed by atoms with E-state index in [0.717, 1.165) is 10.8 Å². The molecule has 0 fully saturated rings. The van der Waals surface area contributed by atoms with Crippen LogP contribution in [0, 0.1) is 0 Å². The van der Waals surface area contributed by atoms with Crippen molar-refractivity contribution in [2.75, 3.05) is 0 Å². The Hall–Kier alpha value is -2.38. The average Bonchev–Trinajstić information content (AvgIpc) is 2.25. The predicted octanol–water partition coefficient (Wildman–Crippen LogP) is -1.72. The SMILES string of the molecule is C[C@@H](NC(=O)c1c[nH]c(=O)n(C)c1=O)C(=O)O. The van der Waals surface area contributed by atoms with Crippen LogP contribution in [0.1, 0.15) is 17.3 Å². The van der Waals surface area contributed by atoms with Gasteiger partial charge in [-0.15, -0.1) is 0 Å². The van der Waals surface area contributed by atoms with Crippen molar-refractivity contribution >= 4 is 11.9 Å². The van der Waals surface area contributed by atoms with Crippen LogP contribution in [0.2, 0.25) is 0 Å². The first-order valence-corrected chi connectivity index (χ1v) is 4.67. The monoisotopic (exact) mass is 241 g/mol. The molecule has 0 saturated heterocycles. The van der Waals surface area contributed by atoms with E-state index in [-0.39, 0.29) is 5.56 Å². The second-order valence-electron chi connectivity index (χ2n) is 3.41. The lowest BCUT2D eigenvalue weighted by Gasteiger charge is -2.08. The molecular formula is C9H11N3O5. The molecule has 8 nitrogen and oxygen atoms in total. The third-order valence-corrected chi connectivity index (χ3v) is 2.14. The van der Waals surface area contributed by atoms with Gasteiger partial charge < -0.3 is 15.4 Å². The summed E-state index contributed by atoms with van der Waals surface area (Å²) in [7, 11) is 1.21. The maximum atomic E-state index is 11.5. The van der Waals surface area contributed by atoms with E-state index in [1.54, 1.807) is 0 Å². The number of hydrogen-bond donors (Lipinski definition) is 3. The molecule has 17 heavy (non-hydrogen) atoms. The zero-order valence-electron chi connectivity index (χ0n) is 9.18. The van der Waals surface area contributed by atoms with Gasteiger partial charge in [-0.2, -0.15) is 0 Å². The molecule has 0 radical (unpaired) electrons. The maximum absolute atomic E-state index is 11.5. The fraction of sp³-hybridized carbons (Fsp3) is 0.333. The molecule has 0 aliphatic carbocycles. The number of carbonyl (C=O) groups excluding carboxylic acids is 1. The zero-order valence-corrected chi connectivity index (χ0v) is 9.18. The topological polar surface area (TPSA) is 121 Å². The minimum Gasteiger partial charge on any atom is -0.480 e. The lowest BCUT2D eigenvalue weighted by molar-refractivity contribution is -0.138. The third-order valence-electron chi connectivity index (χ3n) is 2.14. The highest BCUT2D eigenvalue weighted by Crippen LogP contribution is 1.89. The van der Waals surface area contributed by atoms with E-state index in [2.05, 4.69) is 10.3 Å². The van der Waals surface area contributed by atoms with E-state index >= 15 is 0 Å². The number of aromatic amines is 1. The smallest absolute Gasteiger partial charge is 0.328 e. The van der Waals surface area contributed by atoms with Gasteiger partial charge in [0.15, 0.2) is 0 Å². The van der Waals surface area contributed by atoms with E-state index in [1.807, 2.05) is 0 Å². The largest absolute Gasteiger partial charge is 0.480 e. The Morgan fingerprint density at radius 3 is 2.59 bits per heavy atom. The van der Waals surface area contributed by atoms with Crippen LogP contribution in [0.5, 0.6) is 0 Å². The number of amides is 1. The normalized spacial score (nSPS) is 11.9. The molecule has 0 bridgehead atoms. The number of carboxylic acids is 1. The number of aliphatic carboxylic acids is 1. The van der Waals surface area contributed by atoms with Crippen molar-refractivity contribution in [2.24, 2.45) is 7.05 Å². The number of H-pyrrole nitrogens is 1. The van der Waals surface area contributed by atoms with Crippen molar-refractivity contribution in [3.05, 3.63) is 32.6 Å². The van der Waals surface area contributed by atoms with Crippen LogP contribution in [0.25, 0.3) is 0 Å². The van der Waals surface area contributed by atoms with Gasteiger partial charge in [0.05, 0.1) is 0 Å². The average molecular weight is 241 g/mol. The van der Waals surface area contributed by atoms with Gasteiger partial charge in [0.1, 0.15) is 11.6 Å². The maximum Gasteiger partial charge on any atom is 0.328 e. The summed E-state index contributed by atoms with van der Waals surface area (Å²) in [5, 5.41) is 10.7. The Bertz CT molecular complexity index is 571. The highest BCUT2D eigenvalue weighted by atomic mass is 16.4. The van der Waals surface area contributed by atoms with Crippen molar-refractivity contribution in [1.29, 1.82) is 0 Å². The number of carboxylic acid groups (broad SMARTS) is 1. The highest BCUT2D eigenvalue weighted by Gasteiger charge is 2.18. The number of aromatic nitrogens is 2. The number of nitrogens with zero attached hydrogens (tertiary/aromatic N) is 1.